The molecule has 2 saturated heterocycles. The standard InChI is InChI=1S/C11H19NO2/c1-2-5-10(4-1)8-12-9-11(10)13-6-3-7-14-11/h12H,1-9H2. The molecular formula is C11H19NO2. The lowest BCUT2D eigenvalue weighted by atomic mass is 9.79. The minimum absolute atomic E-state index is 0.262. The second-order valence-corrected chi connectivity index (χ2v) is 4.89. The van der Waals surface area contributed by atoms with Gasteiger partial charge in [-0.2, -0.15) is 0 Å². The van der Waals surface area contributed by atoms with Gasteiger partial charge in [-0.05, 0) is 19.3 Å². The molecule has 0 radical (unpaired) electrons. The van der Waals surface area contributed by atoms with Crippen molar-refractivity contribution in [3.8, 4) is 0 Å². The largest absolute Gasteiger partial charge is 0.348 e. The Hall–Kier alpha value is -0.120. The Labute approximate surface area is 85.1 Å². The summed E-state index contributed by atoms with van der Waals surface area (Å²) >= 11 is 0. The molecule has 2 spiro atoms. The predicted octanol–water partition coefficient (Wildman–Crippen LogP) is 1.28. The third-order valence-electron chi connectivity index (χ3n) is 4.15. The highest BCUT2D eigenvalue weighted by Crippen LogP contribution is 2.51. The van der Waals surface area contributed by atoms with Gasteiger partial charge in [0.2, 0.25) is 0 Å². The van der Waals surface area contributed by atoms with Crippen LogP contribution in [0.5, 0.6) is 0 Å². The molecule has 3 aliphatic rings. The summed E-state index contributed by atoms with van der Waals surface area (Å²) in [4.78, 5) is 0. The molecule has 3 nitrogen and oxygen atoms in total. The van der Waals surface area contributed by atoms with Crippen LogP contribution >= 0.6 is 0 Å². The van der Waals surface area contributed by atoms with Gasteiger partial charge in [0.15, 0.2) is 5.79 Å². The Kier molecular flexibility index (Phi) is 2.08. The first-order valence-electron chi connectivity index (χ1n) is 5.86. The lowest BCUT2D eigenvalue weighted by molar-refractivity contribution is -0.301. The summed E-state index contributed by atoms with van der Waals surface area (Å²) in [6.07, 6.45) is 6.30. The van der Waals surface area contributed by atoms with Gasteiger partial charge in [-0.3, -0.25) is 0 Å². The van der Waals surface area contributed by atoms with Crippen molar-refractivity contribution in [2.24, 2.45) is 5.41 Å². The predicted molar refractivity (Wildman–Crippen MR) is 53.0 cm³/mol. The monoisotopic (exact) mass is 197 g/mol. The molecule has 2 heterocycles. The molecule has 0 bridgehead atoms. The number of nitrogens with one attached hydrogen (secondary N) is 1. The average molecular weight is 197 g/mol. The molecule has 3 heteroatoms. The third-order valence-corrected chi connectivity index (χ3v) is 4.15. The summed E-state index contributed by atoms with van der Waals surface area (Å²) in [7, 11) is 0. The second-order valence-electron chi connectivity index (χ2n) is 4.89. The smallest absolute Gasteiger partial charge is 0.187 e. The van der Waals surface area contributed by atoms with Gasteiger partial charge in [-0.25, -0.2) is 0 Å². The van der Waals surface area contributed by atoms with E-state index < -0.39 is 0 Å². The summed E-state index contributed by atoms with van der Waals surface area (Å²) in [6.45, 7) is 3.74. The zero-order valence-corrected chi connectivity index (χ0v) is 8.68. The van der Waals surface area contributed by atoms with Gasteiger partial charge in [0.1, 0.15) is 0 Å². The van der Waals surface area contributed by atoms with E-state index in [1.165, 1.54) is 25.7 Å². The van der Waals surface area contributed by atoms with Gasteiger partial charge in [0, 0.05) is 12.0 Å². The van der Waals surface area contributed by atoms with Gasteiger partial charge in [-0.15, -0.1) is 0 Å². The number of ether oxygens (including phenoxy) is 2. The van der Waals surface area contributed by atoms with Crippen LogP contribution in [0.15, 0.2) is 0 Å². The zero-order valence-electron chi connectivity index (χ0n) is 8.68. The first-order valence-corrected chi connectivity index (χ1v) is 5.86. The van der Waals surface area contributed by atoms with Crippen molar-refractivity contribution in [1.29, 1.82) is 0 Å². The van der Waals surface area contributed by atoms with Crippen molar-refractivity contribution < 1.29 is 9.47 Å². The van der Waals surface area contributed by atoms with E-state index in [2.05, 4.69) is 5.32 Å². The molecular weight excluding hydrogens is 178 g/mol. The molecule has 80 valence electrons. The number of hydrogen-bond donors (Lipinski definition) is 1. The Bertz CT molecular complexity index is 212. The Balaban J connectivity index is 1.88. The van der Waals surface area contributed by atoms with Gasteiger partial charge >= 0.3 is 0 Å². The van der Waals surface area contributed by atoms with Crippen LogP contribution in [-0.4, -0.2) is 32.1 Å². The van der Waals surface area contributed by atoms with Gasteiger partial charge in [-0.1, -0.05) is 12.8 Å². The van der Waals surface area contributed by atoms with Crippen LogP contribution in [-0.2, 0) is 9.47 Å². The fourth-order valence-corrected chi connectivity index (χ4v) is 3.38. The maximum Gasteiger partial charge on any atom is 0.187 e. The van der Waals surface area contributed by atoms with Crippen molar-refractivity contribution in [3.05, 3.63) is 0 Å². The SMILES string of the molecule is C1COC2(CNCC23CCCC3)OC1. The average Bonchev–Trinajstić information content (AvgIpc) is 2.80. The maximum absolute atomic E-state index is 5.98. The fraction of sp³-hybridized carbons (Fsp3) is 1.00. The third kappa shape index (κ3) is 1.09. The minimum Gasteiger partial charge on any atom is -0.348 e. The van der Waals surface area contributed by atoms with Crippen LogP contribution in [0, 0.1) is 5.41 Å². The van der Waals surface area contributed by atoms with Crippen LogP contribution in [0.25, 0.3) is 0 Å². The van der Waals surface area contributed by atoms with E-state index in [0.717, 1.165) is 32.7 Å². The fourth-order valence-electron chi connectivity index (χ4n) is 3.38. The number of hydrogen-bond acceptors (Lipinski definition) is 3. The molecule has 1 saturated carbocycles. The molecule has 0 aromatic rings. The quantitative estimate of drug-likeness (QED) is 0.634. The molecule has 0 aromatic heterocycles. The molecule has 1 N–H and O–H groups in total. The molecule has 2 aliphatic heterocycles. The first-order chi connectivity index (χ1) is 6.87. The molecule has 0 aromatic carbocycles. The van der Waals surface area contributed by atoms with Crippen molar-refractivity contribution in [2.75, 3.05) is 26.3 Å². The first kappa shape index (κ1) is 9.13. The van der Waals surface area contributed by atoms with Crippen molar-refractivity contribution >= 4 is 0 Å². The van der Waals surface area contributed by atoms with E-state index in [9.17, 15) is 0 Å². The number of rotatable bonds is 0. The summed E-state index contributed by atoms with van der Waals surface area (Å²) in [5.74, 6) is -0.262. The lowest BCUT2D eigenvalue weighted by Crippen LogP contribution is -2.53. The van der Waals surface area contributed by atoms with E-state index in [-0.39, 0.29) is 5.79 Å². The molecule has 3 rings (SSSR count). The van der Waals surface area contributed by atoms with Crippen LogP contribution < -0.4 is 5.32 Å². The molecule has 3 fully saturated rings. The highest BCUT2D eigenvalue weighted by atomic mass is 16.7. The van der Waals surface area contributed by atoms with Crippen LogP contribution in [0.1, 0.15) is 32.1 Å². The van der Waals surface area contributed by atoms with Crippen LogP contribution in [0.4, 0.5) is 0 Å². The molecule has 1 aliphatic carbocycles. The van der Waals surface area contributed by atoms with Gasteiger partial charge < -0.3 is 14.8 Å². The molecule has 14 heavy (non-hydrogen) atoms. The van der Waals surface area contributed by atoms with E-state index in [1.807, 2.05) is 0 Å². The maximum atomic E-state index is 5.98. The normalized spacial score (nSPS) is 34.3. The van der Waals surface area contributed by atoms with E-state index in [0.29, 0.717) is 5.41 Å². The van der Waals surface area contributed by atoms with Crippen LogP contribution in [0.2, 0.25) is 0 Å². The Morgan fingerprint density at radius 3 is 2.29 bits per heavy atom. The van der Waals surface area contributed by atoms with Crippen molar-refractivity contribution in [2.45, 2.75) is 37.9 Å². The van der Waals surface area contributed by atoms with Gasteiger partial charge in [0.25, 0.3) is 0 Å². The summed E-state index contributed by atoms with van der Waals surface area (Å²) in [6, 6.07) is 0. The number of fused-ring (bicyclic) bond motifs is 1. The Morgan fingerprint density at radius 1 is 0.857 bits per heavy atom. The Morgan fingerprint density at radius 2 is 1.57 bits per heavy atom. The van der Waals surface area contributed by atoms with Crippen molar-refractivity contribution in [1.82, 2.24) is 5.32 Å². The zero-order chi connectivity index (χ0) is 9.49. The van der Waals surface area contributed by atoms with E-state index in [4.69, 9.17) is 9.47 Å². The van der Waals surface area contributed by atoms with Crippen LogP contribution in [0.3, 0.4) is 0 Å². The summed E-state index contributed by atoms with van der Waals surface area (Å²) < 4.78 is 12.0. The van der Waals surface area contributed by atoms with E-state index >= 15 is 0 Å². The highest BCUT2D eigenvalue weighted by Gasteiger charge is 2.58. The summed E-state index contributed by atoms with van der Waals surface area (Å²) in [5, 5.41) is 3.47. The van der Waals surface area contributed by atoms with E-state index in [1.54, 1.807) is 0 Å². The molecule has 0 amide bonds. The minimum atomic E-state index is -0.262. The highest BCUT2D eigenvalue weighted by molar-refractivity contribution is 5.05. The topological polar surface area (TPSA) is 30.5 Å². The van der Waals surface area contributed by atoms with Crippen molar-refractivity contribution in [3.63, 3.8) is 0 Å². The molecule has 0 atom stereocenters. The summed E-state index contributed by atoms with van der Waals surface area (Å²) in [5.41, 5.74) is 0.299. The lowest BCUT2D eigenvalue weighted by Gasteiger charge is -2.44. The molecule has 0 unspecified atom stereocenters. The van der Waals surface area contributed by atoms with Gasteiger partial charge in [0.05, 0.1) is 19.8 Å². The second kappa shape index (κ2) is 3.19.